The number of carbonyl (C=O) groups is 1. The van der Waals surface area contributed by atoms with E-state index in [0.717, 1.165) is 27.2 Å². The standard InChI is InChI=1S/C17H15BrO3/c18-16-7-3-4-13(10-16)11-21-12-15-6-2-1-5-14(15)8-9-17(19)20/h1-10H,11-12H2,(H,19,20)/b9-8+. The van der Waals surface area contributed by atoms with Crippen LogP contribution in [0.5, 0.6) is 0 Å². The van der Waals surface area contributed by atoms with Crippen molar-refractivity contribution in [1.82, 2.24) is 0 Å². The number of hydrogen-bond donors (Lipinski definition) is 1. The van der Waals surface area contributed by atoms with E-state index >= 15 is 0 Å². The Bertz CT molecular complexity index is 650. The van der Waals surface area contributed by atoms with Gasteiger partial charge in [-0.3, -0.25) is 0 Å². The highest BCUT2D eigenvalue weighted by atomic mass is 79.9. The lowest BCUT2D eigenvalue weighted by atomic mass is 10.1. The molecule has 0 atom stereocenters. The predicted molar refractivity (Wildman–Crippen MR) is 85.7 cm³/mol. The minimum Gasteiger partial charge on any atom is -0.478 e. The van der Waals surface area contributed by atoms with Crippen LogP contribution in [0.25, 0.3) is 6.08 Å². The molecule has 0 aromatic heterocycles. The summed E-state index contributed by atoms with van der Waals surface area (Å²) >= 11 is 3.42. The highest BCUT2D eigenvalue weighted by Crippen LogP contribution is 2.15. The molecule has 3 nitrogen and oxygen atoms in total. The van der Waals surface area contributed by atoms with Crippen molar-refractivity contribution in [3.05, 3.63) is 75.8 Å². The fourth-order valence-electron chi connectivity index (χ4n) is 1.89. The molecule has 2 aromatic carbocycles. The van der Waals surface area contributed by atoms with Gasteiger partial charge in [0, 0.05) is 10.5 Å². The fourth-order valence-corrected chi connectivity index (χ4v) is 2.34. The zero-order chi connectivity index (χ0) is 15.1. The van der Waals surface area contributed by atoms with E-state index in [2.05, 4.69) is 15.9 Å². The second-order valence-electron chi connectivity index (χ2n) is 4.49. The Labute approximate surface area is 132 Å². The quantitative estimate of drug-likeness (QED) is 0.794. The molecule has 1 N–H and O–H groups in total. The van der Waals surface area contributed by atoms with Crippen LogP contribution in [0, 0.1) is 0 Å². The van der Waals surface area contributed by atoms with Crippen LogP contribution in [0.2, 0.25) is 0 Å². The Morgan fingerprint density at radius 3 is 2.71 bits per heavy atom. The Balaban J connectivity index is 1.98. The molecule has 0 aliphatic heterocycles. The molecule has 0 saturated heterocycles. The Kier molecular flexibility index (Phi) is 5.72. The van der Waals surface area contributed by atoms with Crippen molar-refractivity contribution in [2.24, 2.45) is 0 Å². The number of halogens is 1. The molecule has 0 spiro atoms. The van der Waals surface area contributed by atoms with E-state index in [9.17, 15) is 4.79 Å². The summed E-state index contributed by atoms with van der Waals surface area (Å²) in [6.07, 6.45) is 2.72. The van der Waals surface area contributed by atoms with Crippen molar-refractivity contribution in [2.45, 2.75) is 13.2 Å². The zero-order valence-corrected chi connectivity index (χ0v) is 12.9. The lowest BCUT2D eigenvalue weighted by molar-refractivity contribution is -0.131. The third-order valence-electron chi connectivity index (χ3n) is 2.88. The molecular weight excluding hydrogens is 332 g/mol. The summed E-state index contributed by atoms with van der Waals surface area (Å²) < 4.78 is 6.73. The minimum atomic E-state index is -0.958. The fraction of sp³-hybridized carbons (Fsp3) is 0.118. The highest BCUT2D eigenvalue weighted by Gasteiger charge is 2.01. The number of ether oxygens (including phenoxy) is 1. The van der Waals surface area contributed by atoms with Crippen molar-refractivity contribution < 1.29 is 14.6 Å². The SMILES string of the molecule is O=C(O)/C=C/c1ccccc1COCc1cccc(Br)c1. The van der Waals surface area contributed by atoms with E-state index in [0.29, 0.717) is 13.2 Å². The summed E-state index contributed by atoms with van der Waals surface area (Å²) in [4.78, 5) is 10.6. The number of rotatable bonds is 6. The maximum Gasteiger partial charge on any atom is 0.328 e. The van der Waals surface area contributed by atoms with E-state index < -0.39 is 5.97 Å². The first-order chi connectivity index (χ1) is 10.1. The average molecular weight is 347 g/mol. The third-order valence-corrected chi connectivity index (χ3v) is 3.37. The van der Waals surface area contributed by atoms with Gasteiger partial charge in [0.25, 0.3) is 0 Å². The first-order valence-corrected chi connectivity index (χ1v) is 7.25. The van der Waals surface area contributed by atoms with Gasteiger partial charge < -0.3 is 9.84 Å². The maximum atomic E-state index is 10.6. The van der Waals surface area contributed by atoms with Gasteiger partial charge in [-0.1, -0.05) is 52.3 Å². The molecule has 0 aliphatic carbocycles. The van der Waals surface area contributed by atoms with E-state index in [-0.39, 0.29) is 0 Å². The topological polar surface area (TPSA) is 46.5 Å². The third kappa shape index (κ3) is 5.17. The Morgan fingerprint density at radius 1 is 1.14 bits per heavy atom. The van der Waals surface area contributed by atoms with Crippen molar-refractivity contribution in [2.75, 3.05) is 0 Å². The lowest BCUT2D eigenvalue weighted by Gasteiger charge is -2.08. The van der Waals surface area contributed by atoms with Crippen molar-refractivity contribution >= 4 is 28.0 Å². The molecule has 0 amide bonds. The van der Waals surface area contributed by atoms with Gasteiger partial charge in [0.2, 0.25) is 0 Å². The van der Waals surface area contributed by atoms with Gasteiger partial charge in [0.05, 0.1) is 13.2 Å². The number of hydrogen-bond acceptors (Lipinski definition) is 2. The van der Waals surface area contributed by atoms with Crippen molar-refractivity contribution in [3.63, 3.8) is 0 Å². The summed E-state index contributed by atoms with van der Waals surface area (Å²) in [5.41, 5.74) is 2.90. The second-order valence-corrected chi connectivity index (χ2v) is 5.41. The summed E-state index contributed by atoms with van der Waals surface area (Å²) in [5, 5.41) is 8.69. The summed E-state index contributed by atoms with van der Waals surface area (Å²) in [6.45, 7) is 0.947. The molecule has 4 heteroatoms. The Hall–Kier alpha value is -1.91. The largest absolute Gasteiger partial charge is 0.478 e. The molecule has 2 rings (SSSR count). The van der Waals surface area contributed by atoms with Gasteiger partial charge in [-0.15, -0.1) is 0 Å². The molecular formula is C17H15BrO3. The number of carboxylic acids is 1. The minimum absolute atomic E-state index is 0.437. The number of carboxylic acid groups (broad SMARTS) is 1. The molecule has 2 aromatic rings. The molecule has 21 heavy (non-hydrogen) atoms. The van der Waals surface area contributed by atoms with E-state index in [1.807, 2.05) is 48.5 Å². The molecule has 0 aliphatic rings. The van der Waals surface area contributed by atoms with Crippen LogP contribution in [0.1, 0.15) is 16.7 Å². The van der Waals surface area contributed by atoms with Gasteiger partial charge in [0.15, 0.2) is 0 Å². The summed E-state index contributed by atoms with van der Waals surface area (Å²) in [5.74, 6) is -0.958. The van der Waals surface area contributed by atoms with Crippen LogP contribution in [0.4, 0.5) is 0 Å². The first kappa shape index (κ1) is 15.5. The lowest BCUT2D eigenvalue weighted by Crippen LogP contribution is -1.96. The van der Waals surface area contributed by atoms with Gasteiger partial charge in [-0.2, -0.15) is 0 Å². The van der Waals surface area contributed by atoms with Crippen LogP contribution in [0.15, 0.2) is 59.1 Å². The van der Waals surface area contributed by atoms with Crippen molar-refractivity contribution in [3.8, 4) is 0 Å². The van der Waals surface area contributed by atoms with Crippen LogP contribution < -0.4 is 0 Å². The van der Waals surface area contributed by atoms with Crippen molar-refractivity contribution in [1.29, 1.82) is 0 Å². The molecule has 0 saturated carbocycles. The summed E-state index contributed by atoms with van der Waals surface area (Å²) in [7, 11) is 0. The smallest absolute Gasteiger partial charge is 0.328 e. The van der Waals surface area contributed by atoms with Gasteiger partial charge in [-0.05, 0) is 34.9 Å². The maximum absolute atomic E-state index is 10.6. The van der Waals surface area contributed by atoms with Crippen LogP contribution in [-0.2, 0) is 22.7 Å². The Morgan fingerprint density at radius 2 is 1.95 bits per heavy atom. The summed E-state index contributed by atoms with van der Waals surface area (Å²) in [6, 6.07) is 15.5. The number of aliphatic carboxylic acids is 1. The molecule has 0 heterocycles. The molecule has 0 radical (unpaired) electrons. The van der Waals surface area contributed by atoms with Gasteiger partial charge >= 0.3 is 5.97 Å². The first-order valence-electron chi connectivity index (χ1n) is 6.46. The molecule has 0 unspecified atom stereocenters. The molecule has 0 fully saturated rings. The van der Waals surface area contributed by atoms with Crippen LogP contribution in [-0.4, -0.2) is 11.1 Å². The average Bonchev–Trinajstić information content (AvgIpc) is 2.46. The highest BCUT2D eigenvalue weighted by molar-refractivity contribution is 9.10. The van der Waals surface area contributed by atoms with Gasteiger partial charge in [-0.25, -0.2) is 4.79 Å². The zero-order valence-electron chi connectivity index (χ0n) is 11.3. The number of benzene rings is 2. The predicted octanol–water partition coefficient (Wildman–Crippen LogP) is 4.26. The normalized spacial score (nSPS) is 10.9. The van der Waals surface area contributed by atoms with E-state index in [1.165, 1.54) is 0 Å². The van der Waals surface area contributed by atoms with E-state index in [1.54, 1.807) is 6.08 Å². The van der Waals surface area contributed by atoms with Crippen LogP contribution in [0.3, 0.4) is 0 Å². The van der Waals surface area contributed by atoms with Gasteiger partial charge in [0.1, 0.15) is 0 Å². The molecule has 0 bridgehead atoms. The second kappa shape index (κ2) is 7.76. The molecule has 108 valence electrons. The van der Waals surface area contributed by atoms with Crippen LogP contribution >= 0.6 is 15.9 Å². The monoisotopic (exact) mass is 346 g/mol. The van der Waals surface area contributed by atoms with E-state index in [4.69, 9.17) is 9.84 Å².